The Morgan fingerprint density at radius 1 is 1.10 bits per heavy atom. The van der Waals surface area contributed by atoms with Crippen LogP contribution in [0.25, 0.3) is 11.8 Å². The smallest absolute Gasteiger partial charge is 0.118 e. The number of aromatic hydroxyl groups is 1. The van der Waals surface area contributed by atoms with Crippen LogP contribution in [0, 0.1) is 15.6 Å². The first-order valence-electron chi connectivity index (χ1n) is 14.3. The van der Waals surface area contributed by atoms with E-state index in [1.165, 1.54) is 11.1 Å². The zero-order chi connectivity index (χ0) is 28.2. The number of benzene rings is 2. The Labute approximate surface area is 241 Å². The molecule has 4 unspecified atom stereocenters. The molecule has 4 aromatic rings. The minimum atomic E-state index is -3.14. The molecule has 0 saturated heterocycles. The maximum atomic E-state index is 14.3. The number of allylic oxidation sites excluding steroid dienone is 1. The van der Waals surface area contributed by atoms with E-state index in [2.05, 4.69) is 30.1 Å². The van der Waals surface area contributed by atoms with Crippen LogP contribution in [0.1, 0.15) is 48.6 Å². The molecule has 2 aromatic heterocycles. The second-order valence-corrected chi connectivity index (χ2v) is 14.1. The Morgan fingerprint density at radius 3 is 2.68 bits per heavy atom. The van der Waals surface area contributed by atoms with Gasteiger partial charge in [-0.3, -0.25) is 4.98 Å². The third kappa shape index (κ3) is 4.32. The van der Waals surface area contributed by atoms with Crippen LogP contribution in [0.15, 0.2) is 90.9 Å². The van der Waals surface area contributed by atoms with Crippen molar-refractivity contribution in [2.24, 2.45) is 10.8 Å². The molecule has 2 N–H and O–H groups in total. The number of fused-ring (bicyclic) bond motifs is 3. The van der Waals surface area contributed by atoms with Gasteiger partial charge in [0, 0.05) is 30.4 Å². The zero-order valence-electron chi connectivity index (χ0n) is 23.2. The van der Waals surface area contributed by atoms with Gasteiger partial charge in [0.25, 0.3) is 0 Å². The van der Waals surface area contributed by atoms with Crippen molar-refractivity contribution in [2.45, 2.75) is 50.8 Å². The Kier molecular flexibility index (Phi) is 6.17. The number of phenolic OH excluding ortho intramolecular Hbond substituents is 1. The molecule has 2 heterocycles. The first kappa shape index (κ1) is 26.2. The van der Waals surface area contributed by atoms with Crippen molar-refractivity contribution < 1.29 is 9.32 Å². The van der Waals surface area contributed by atoms with Gasteiger partial charge in [-0.1, -0.05) is 55.0 Å². The molecule has 210 valence electrons. The Bertz CT molecular complexity index is 1730. The highest BCUT2D eigenvalue weighted by atomic mass is 32.2. The molecule has 2 saturated carbocycles. The van der Waals surface area contributed by atoms with E-state index >= 15 is 0 Å². The number of hydrogen-bond donors (Lipinski definition) is 2. The summed E-state index contributed by atoms with van der Waals surface area (Å²) in [6, 6.07) is 21.4. The highest BCUT2D eigenvalue weighted by molar-refractivity contribution is 7.89. The number of nitrogens with zero attached hydrogens (tertiary/aromatic N) is 4. The van der Waals surface area contributed by atoms with Crippen LogP contribution in [0.2, 0.25) is 0 Å². The fourth-order valence-electron chi connectivity index (χ4n) is 7.53. The molecular formula is C33H35N5O2S. The van der Waals surface area contributed by atoms with Gasteiger partial charge in [0.15, 0.2) is 0 Å². The number of para-hydroxylation sites is 2. The highest BCUT2D eigenvalue weighted by Gasteiger charge is 2.70. The van der Waals surface area contributed by atoms with Crippen LogP contribution in [0.5, 0.6) is 5.75 Å². The number of phenols is 1. The van der Waals surface area contributed by atoms with E-state index in [0.717, 1.165) is 48.2 Å². The van der Waals surface area contributed by atoms with E-state index in [4.69, 9.17) is 5.10 Å². The van der Waals surface area contributed by atoms with E-state index in [-0.39, 0.29) is 28.4 Å². The molecule has 3 aliphatic carbocycles. The van der Waals surface area contributed by atoms with Crippen molar-refractivity contribution >= 4 is 16.0 Å². The Hall–Kier alpha value is -3.75. The second-order valence-electron chi connectivity index (χ2n) is 12.0. The van der Waals surface area contributed by atoms with E-state index in [0.29, 0.717) is 13.0 Å². The fourth-order valence-corrected chi connectivity index (χ4v) is 9.39. The van der Waals surface area contributed by atoms with Crippen molar-refractivity contribution in [2.75, 3.05) is 6.54 Å². The predicted molar refractivity (Wildman–Crippen MR) is 161 cm³/mol. The maximum absolute atomic E-state index is 14.3. The first-order valence-corrected chi connectivity index (χ1v) is 16.0. The maximum Gasteiger partial charge on any atom is 0.118 e. The minimum Gasteiger partial charge on any atom is -0.508 e. The lowest BCUT2D eigenvalue weighted by molar-refractivity contribution is 0.205. The van der Waals surface area contributed by atoms with Crippen LogP contribution in [-0.2, 0) is 28.5 Å². The van der Waals surface area contributed by atoms with Gasteiger partial charge < -0.3 is 5.11 Å². The van der Waals surface area contributed by atoms with Crippen LogP contribution < -0.4 is 0 Å². The SMILES string of the molecule is CC12Cc3cnn(-c4ccccc4)c3C=C1CCC21CC1N(CCc1ccccc1O)S(=N)(=O)Cc1cccnc1. The minimum absolute atomic E-state index is 0.0386. The summed E-state index contributed by atoms with van der Waals surface area (Å²) in [4.78, 5) is 4.20. The standard InChI is InChI=1S/C33H35N5O2S/c1-32-19-26-22-36-38(28-10-3-2-4-11-28)29(26)18-27(32)13-15-33(32)20-31(33)37(17-14-25-9-5-6-12-30(25)39)41(34,40)23-24-8-7-16-35-21-24/h2-12,16,18,21-22,31,34,39H,13-15,17,19-20,23H2,1H3. The summed E-state index contributed by atoms with van der Waals surface area (Å²) in [6.07, 6.45) is 12.2. The van der Waals surface area contributed by atoms with Gasteiger partial charge in [-0.2, -0.15) is 5.10 Å². The summed E-state index contributed by atoms with van der Waals surface area (Å²) >= 11 is 0. The van der Waals surface area contributed by atoms with Gasteiger partial charge in [0.2, 0.25) is 0 Å². The number of pyridine rings is 1. The summed E-state index contributed by atoms with van der Waals surface area (Å²) in [6.45, 7) is 2.83. The summed E-state index contributed by atoms with van der Waals surface area (Å²) in [5.74, 6) is 0.386. The van der Waals surface area contributed by atoms with Crippen molar-refractivity contribution in [3.05, 3.63) is 113 Å². The average Bonchev–Trinajstić information content (AvgIpc) is 3.45. The molecule has 41 heavy (non-hydrogen) atoms. The molecule has 0 amide bonds. The fraction of sp³-hybridized carbons (Fsp3) is 0.333. The lowest BCUT2D eigenvalue weighted by atomic mass is 9.67. The van der Waals surface area contributed by atoms with Gasteiger partial charge in [-0.15, -0.1) is 0 Å². The number of rotatable bonds is 8. The first-order chi connectivity index (χ1) is 19.8. The molecule has 0 aliphatic heterocycles. The average molecular weight is 566 g/mol. The van der Waals surface area contributed by atoms with Crippen LogP contribution in [0.4, 0.5) is 0 Å². The topological polar surface area (TPSA) is 95.1 Å². The summed E-state index contributed by atoms with van der Waals surface area (Å²) in [5.41, 5.74) is 6.42. The summed E-state index contributed by atoms with van der Waals surface area (Å²) in [5, 5.41) is 15.2. The Balaban J connectivity index is 1.21. The molecule has 7 rings (SSSR count). The number of nitrogens with one attached hydrogen (secondary N) is 1. The summed E-state index contributed by atoms with van der Waals surface area (Å²) < 4.78 is 27.5. The molecule has 3 aliphatic rings. The highest BCUT2D eigenvalue weighted by Crippen LogP contribution is 2.73. The quantitative estimate of drug-likeness (QED) is 0.267. The third-order valence-corrected chi connectivity index (χ3v) is 11.7. The molecule has 2 fully saturated rings. The molecule has 8 heteroatoms. The lowest BCUT2D eigenvalue weighted by Crippen LogP contribution is -2.41. The van der Waals surface area contributed by atoms with Crippen molar-refractivity contribution in [1.29, 1.82) is 4.78 Å². The van der Waals surface area contributed by atoms with Crippen LogP contribution in [-0.4, -0.2) is 41.0 Å². The van der Waals surface area contributed by atoms with Gasteiger partial charge >= 0.3 is 0 Å². The zero-order valence-corrected chi connectivity index (χ0v) is 24.1. The van der Waals surface area contributed by atoms with Crippen molar-refractivity contribution in [3.8, 4) is 11.4 Å². The molecule has 0 bridgehead atoms. The summed E-state index contributed by atoms with van der Waals surface area (Å²) in [7, 11) is -3.14. The van der Waals surface area contributed by atoms with Crippen LogP contribution in [0.3, 0.4) is 0 Å². The lowest BCUT2D eigenvalue weighted by Gasteiger charge is -2.39. The van der Waals surface area contributed by atoms with E-state index < -0.39 is 9.92 Å². The van der Waals surface area contributed by atoms with Gasteiger partial charge in [0.1, 0.15) is 15.7 Å². The van der Waals surface area contributed by atoms with Gasteiger partial charge in [0.05, 0.1) is 23.3 Å². The predicted octanol–water partition coefficient (Wildman–Crippen LogP) is 6.18. The molecule has 7 nitrogen and oxygen atoms in total. The second kappa shape index (κ2) is 9.67. The van der Waals surface area contributed by atoms with Gasteiger partial charge in [-0.05, 0) is 84.6 Å². The van der Waals surface area contributed by atoms with Crippen molar-refractivity contribution in [3.63, 3.8) is 0 Å². The largest absolute Gasteiger partial charge is 0.508 e. The van der Waals surface area contributed by atoms with Gasteiger partial charge in [-0.25, -0.2) is 18.0 Å². The number of aromatic nitrogens is 3. The molecule has 4 atom stereocenters. The normalized spacial score (nSPS) is 25.9. The Morgan fingerprint density at radius 2 is 1.90 bits per heavy atom. The van der Waals surface area contributed by atoms with E-state index in [1.807, 2.05) is 63.7 Å². The number of hydrogen-bond acceptors (Lipinski definition) is 5. The monoisotopic (exact) mass is 565 g/mol. The molecule has 1 spiro atoms. The van der Waals surface area contributed by atoms with E-state index in [1.54, 1.807) is 18.5 Å². The molecular weight excluding hydrogens is 530 g/mol. The van der Waals surface area contributed by atoms with Crippen LogP contribution >= 0.6 is 0 Å². The van der Waals surface area contributed by atoms with E-state index in [9.17, 15) is 14.1 Å². The third-order valence-electron chi connectivity index (χ3n) is 9.83. The molecule has 2 aromatic carbocycles. The molecule has 0 radical (unpaired) electrons. The van der Waals surface area contributed by atoms with Crippen molar-refractivity contribution in [1.82, 2.24) is 19.1 Å².